The second kappa shape index (κ2) is 6.95. The maximum absolute atomic E-state index is 13.7. The van der Waals surface area contributed by atoms with Crippen molar-refractivity contribution >= 4 is 17.8 Å². The quantitative estimate of drug-likeness (QED) is 0.518. The third-order valence-corrected chi connectivity index (χ3v) is 3.18. The minimum Gasteiger partial charge on any atom is -0.493 e. The van der Waals surface area contributed by atoms with Gasteiger partial charge in [-0.3, -0.25) is 0 Å². The van der Waals surface area contributed by atoms with Gasteiger partial charge in [0, 0.05) is 11.1 Å². The number of benzene rings is 2. The van der Waals surface area contributed by atoms with Gasteiger partial charge in [0.1, 0.15) is 12.4 Å². The summed E-state index contributed by atoms with van der Waals surface area (Å²) in [5.74, 6) is 0.446. The lowest BCUT2D eigenvalue weighted by Gasteiger charge is -2.12. The molecule has 21 heavy (non-hydrogen) atoms. The molecule has 0 aliphatic heterocycles. The average molecular weight is 310 g/mol. The van der Waals surface area contributed by atoms with Gasteiger partial charge in [-0.15, -0.1) is 0 Å². The Bertz CT molecular complexity index is 641. The first-order valence-corrected chi connectivity index (χ1v) is 6.44. The molecule has 0 spiro atoms. The number of ether oxygens (including phenoxy) is 2. The topological polar surface area (TPSA) is 51.0 Å². The maximum atomic E-state index is 13.7. The molecule has 2 aromatic rings. The molecular weight excluding hydrogens is 297 g/mol. The Hall–Kier alpha value is -2.27. The smallest absolute Gasteiger partial charge is 0.162 e. The Morgan fingerprint density at radius 2 is 2.10 bits per heavy atom. The number of halogens is 2. The molecule has 0 radical (unpaired) electrons. The van der Waals surface area contributed by atoms with Gasteiger partial charge in [-0.05, 0) is 30.3 Å². The van der Waals surface area contributed by atoms with Crippen LogP contribution < -0.4 is 9.47 Å². The molecule has 0 unspecified atom stereocenters. The molecule has 0 aliphatic rings. The van der Waals surface area contributed by atoms with Crippen LogP contribution in [0.3, 0.4) is 0 Å². The van der Waals surface area contributed by atoms with Crippen molar-refractivity contribution in [2.45, 2.75) is 6.61 Å². The number of hydrogen-bond donors (Lipinski definition) is 1. The second-order valence-corrected chi connectivity index (χ2v) is 4.55. The Kier molecular flexibility index (Phi) is 5.00. The van der Waals surface area contributed by atoms with E-state index < -0.39 is 5.82 Å². The lowest BCUT2D eigenvalue weighted by molar-refractivity contribution is 0.279. The van der Waals surface area contributed by atoms with E-state index >= 15 is 0 Å². The van der Waals surface area contributed by atoms with E-state index in [0.29, 0.717) is 22.1 Å². The van der Waals surface area contributed by atoms with Crippen molar-refractivity contribution in [2.75, 3.05) is 7.11 Å². The van der Waals surface area contributed by atoms with E-state index in [1.165, 1.54) is 25.5 Å². The summed E-state index contributed by atoms with van der Waals surface area (Å²) in [4.78, 5) is 0. The molecule has 6 heteroatoms. The molecule has 0 saturated carbocycles. The monoisotopic (exact) mass is 309 g/mol. The predicted molar refractivity (Wildman–Crippen MR) is 78.1 cm³/mol. The lowest BCUT2D eigenvalue weighted by atomic mass is 10.2. The van der Waals surface area contributed by atoms with Crippen LogP contribution >= 0.6 is 11.6 Å². The van der Waals surface area contributed by atoms with Gasteiger partial charge < -0.3 is 14.7 Å². The fraction of sp³-hybridized carbons (Fsp3) is 0.133. The SMILES string of the molecule is COc1ccc(C=NO)cc1OCc1c(F)cccc1Cl. The molecule has 2 rings (SSSR count). The third kappa shape index (κ3) is 3.64. The summed E-state index contributed by atoms with van der Waals surface area (Å²) in [6.45, 7) is -0.0401. The van der Waals surface area contributed by atoms with Crippen LogP contribution in [0.15, 0.2) is 41.6 Å². The van der Waals surface area contributed by atoms with Crippen LogP contribution in [-0.2, 0) is 6.61 Å². The molecule has 110 valence electrons. The molecule has 0 fully saturated rings. The van der Waals surface area contributed by atoms with Crippen molar-refractivity contribution in [3.63, 3.8) is 0 Å². The van der Waals surface area contributed by atoms with Crippen molar-refractivity contribution in [1.29, 1.82) is 0 Å². The van der Waals surface area contributed by atoms with Crippen molar-refractivity contribution in [1.82, 2.24) is 0 Å². The molecule has 0 aliphatic carbocycles. The number of oxime groups is 1. The van der Waals surface area contributed by atoms with Crippen LogP contribution in [0.1, 0.15) is 11.1 Å². The van der Waals surface area contributed by atoms with Crippen LogP contribution in [0, 0.1) is 5.82 Å². The molecule has 0 heterocycles. The van der Waals surface area contributed by atoms with Crippen molar-refractivity contribution < 1.29 is 19.1 Å². The van der Waals surface area contributed by atoms with Crippen molar-refractivity contribution in [3.8, 4) is 11.5 Å². The van der Waals surface area contributed by atoms with Crippen LogP contribution in [0.5, 0.6) is 11.5 Å². The summed E-state index contributed by atoms with van der Waals surface area (Å²) in [6.07, 6.45) is 1.25. The molecule has 0 atom stereocenters. The minimum absolute atomic E-state index is 0.0401. The summed E-state index contributed by atoms with van der Waals surface area (Å²) in [6, 6.07) is 9.41. The van der Waals surface area contributed by atoms with E-state index in [1.54, 1.807) is 24.3 Å². The summed E-state index contributed by atoms with van der Waals surface area (Å²) in [5, 5.41) is 11.8. The minimum atomic E-state index is -0.436. The van der Waals surface area contributed by atoms with Crippen LogP contribution in [0.2, 0.25) is 5.02 Å². The largest absolute Gasteiger partial charge is 0.493 e. The standard InChI is InChI=1S/C15H13ClFNO3/c1-20-14-6-5-10(8-18-19)7-15(14)21-9-11-12(16)3-2-4-13(11)17/h2-8,19H,9H2,1H3. The summed E-state index contributed by atoms with van der Waals surface area (Å²) in [5.41, 5.74) is 0.885. The van der Waals surface area contributed by atoms with Crippen LogP contribution in [-0.4, -0.2) is 18.5 Å². The Balaban J connectivity index is 2.24. The van der Waals surface area contributed by atoms with E-state index in [9.17, 15) is 4.39 Å². The van der Waals surface area contributed by atoms with Gasteiger partial charge in [-0.25, -0.2) is 4.39 Å². The van der Waals surface area contributed by atoms with Gasteiger partial charge in [0.25, 0.3) is 0 Å². The Morgan fingerprint density at radius 1 is 1.29 bits per heavy atom. The van der Waals surface area contributed by atoms with Crippen molar-refractivity contribution in [3.05, 3.63) is 58.4 Å². The lowest BCUT2D eigenvalue weighted by Crippen LogP contribution is -2.01. The van der Waals surface area contributed by atoms with E-state index in [2.05, 4.69) is 5.16 Å². The first-order chi connectivity index (χ1) is 10.2. The Labute approximate surface area is 126 Å². The normalized spacial score (nSPS) is 10.8. The zero-order valence-corrected chi connectivity index (χ0v) is 12.0. The highest BCUT2D eigenvalue weighted by molar-refractivity contribution is 6.31. The second-order valence-electron chi connectivity index (χ2n) is 4.14. The number of rotatable bonds is 5. The third-order valence-electron chi connectivity index (χ3n) is 2.83. The van der Waals surface area contributed by atoms with Crippen LogP contribution in [0.4, 0.5) is 4.39 Å². The predicted octanol–water partition coefficient (Wildman–Crippen LogP) is 3.87. The molecule has 0 saturated heterocycles. The highest BCUT2D eigenvalue weighted by Gasteiger charge is 2.10. The van der Waals surface area contributed by atoms with E-state index in [1.807, 2.05) is 0 Å². The highest BCUT2D eigenvalue weighted by Crippen LogP contribution is 2.29. The number of hydrogen-bond acceptors (Lipinski definition) is 4. The van der Waals surface area contributed by atoms with Gasteiger partial charge in [0.05, 0.1) is 18.3 Å². The number of nitrogens with zero attached hydrogens (tertiary/aromatic N) is 1. The first kappa shape index (κ1) is 15.1. The fourth-order valence-corrected chi connectivity index (χ4v) is 1.99. The van der Waals surface area contributed by atoms with E-state index in [0.717, 1.165) is 0 Å². The van der Waals surface area contributed by atoms with Gasteiger partial charge in [-0.2, -0.15) is 0 Å². The zero-order valence-electron chi connectivity index (χ0n) is 11.2. The van der Waals surface area contributed by atoms with Gasteiger partial charge in [0.2, 0.25) is 0 Å². The van der Waals surface area contributed by atoms with Gasteiger partial charge >= 0.3 is 0 Å². The van der Waals surface area contributed by atoms with Gasteiger partial charge in [-0.1, -0.05) is 22.8 Å². The molecule has 1 N–H and O–H groups in total. The number of methoxy groups -OCH3 is 1. The first-order valence-electron chi connectivity index (χ1n) is 6.07. The molecule has 0 amide bonds. The Morgan fingerprint density at radius 3 is 2.76 bits per heavy atom. The molecule has 0 bridgehead atoms. The summed E-state index contributed by atoms with van der Waals surface area (Å²) in [7, 11) is 1.50. The molecule has 4 nitrogen and oxygen atoms in total. The molecular formula is C15H13ClFNO3. The summed E-state index contributed by atoms with van der Waals surface area (Å²) >= 11 is 5.94. The summed E-state index contributed by atoms with van der Waals surface area (Å²) < 4.78 is 24.4. The van der Waals surface area contributed by atoms with Gasteiger partial charge in [0.15, 0.2) is 11.5 Å². The zero-order chi connectivity index (χ0) is 15.2. The molecule has 0 aromatic heterocycles. The van der Waals surface area contributed by atoms with E-state index in [-0.39, 0.29) is 12.2 Å². The maximum Gasteiger partial charge on any atom is 0.162 e. The average Bonchev–Trinajstić information content (AvgIpc) is 2.47. The fourth-order valence-electron chi connectivity index (χ4n) is 1.77. The molecule has 2 aromatic carbocycles. The van der Waals surface area contributed by atoms with E-state index in [4.69, 9.17) is 26.3 Å². The van der Waals surface area contributed by atoms with Crippen molar-refractivity contribution in [2.24, 2.45) is 5.16 Å². The highest BCUT2D eigenvalue weighted by atomic mass is 35.5. The van der Waals surface area contributed by atoms with Crippen LogP contribution in [0.25, 0.3) is 0 Å².